The fraction of sp³-hybridized carbons (Fsp3) is 0.0769. The van der Waals surface area contributed by atoms with E-state index in [1.165, 1.54) is 12.4 Å². The number of pyridine rings is 1. The van der Waals surface area contributed by atoms with E-state index in [0.717, 1.165) is 5.69 Å². The lowest BCUT2D eigenvalue weighted by molar-refractivity contribution is -0.116. The van der Waals surface area contributed by atoms with Crippen LogP contribution in [-0.2, 0) is 11.3 Å². The molecule has 1 amide bonds. The van der Waals surface area contributed by atoms with Crippen LogP contribution in [0, 0.1) is 0 Å². The number of nitrogens with two attached hydrogens (primary N) is 1. The third-order valence-electron chi connectivity index (χ3n) is 2.45. The number of amides is 1. The van der Waals surface area contributed by atoms with Crippen LogP contribution in [0.1, 0.15) is 0 Å². The number of aromatic nitrogens is 1. The second kappa shape index (κ2) is 5.71. The standard InChI is InChI=1S/C13H12BrN3O2/c14-10-6-17(7-11(15)13(10)19)8-12(18)16-9-4-2-1-3-5-9/h1-7H,8,15H2,(H,16,18). The first-order chi connectivity index (χ1) is 9.06. The molecule has 1 aromatic heterocycles. The van der Waals surface area contributed by atoms with Crippen LogP contribution in [0.2, 0.25) is 0 Å². The highest BCUT2D eigenvalue weighted by Gasteiger charge is 2.06. The molecule has 5 nitrogen and oxygen atoms in total. The van der Waals surface area contributed by atoms with Gasteiger partial charge in [-0.05, 0) is 28.1 Å². The smallest absolute Gasteiger partial charge is 0.244 e. The number of anilines is 2. The van der Waals surface area contributed by atoms with Gasteiger partial charge in [0, 0.05) is 18.1 Å². The zero-order valence-corrected chi connectivity index (χ0v) is 11.6. The second-order valence-corrected chi connectivity index (χ2v) is 4.83. The Morgan fingerprint density at radius 3 is 2.58 bits per heavy atom. The predicted octanol–water partition coefficient (Wildman–Crippen LogP) is 1.83. The number of halogens is 1. The molecule has 0 bridgehead atoms. The molecule has 3 N–H and O–H groups in total. The SMILES string of the molecule is Nc1cn(CC(=O)Nc2ccccc2)cc(Br)c1=O. The van der Waals surface area contributed by atoms with Gasteiger partial charge in [0.05, 0.1) is 10.2 Å². The molecule has 0 saturated heterocycles. The third kappa shape index (κ3) is 3.45. The molecule has 1 aromatic carbocycles. The summed E-state index contributed by atoms with van der Waals surface area (Å²) in [4.78, 5) is 23.2. The number of para-hydroxylation sites is 1. The molecule has 2 rings (SSSR count). The number of rotatable bonds is 3. The monoisotopic (exact) mass is 321 g/mol. The number of nitrogen functional groups attached to an aromatic ring is 1. The number of carbonyl (C=O) groups excluding carboxylic acids is 1. The van der Waals surface area contributed by atoms with Crippen LogP contribution < -0.4 is 16.5 Å². The van der Waals surface area contributed by atoms with Crippen LogP contribution >= 0.6 is 15.9 Å². The fourth-order valence-electron chi connectivity index (χ4n) is 1.60. The molecule has 0 atom stereocenters. The van der Waals surface area contributed by atoms with Crippen molar-refractivity contribution in [2.75, 3.05) is 11.1 Å². The van der Waals surface area contributed by atoms with E-state index in [1.54, 1.807) is 16.7 Å². The summed E-state index contributed by atoms with van der Waals surface area (Å²) in [5.74, 6) is -0.193. The zero-order valence-electron chi connectivity index (χ0n) is 9.97. The first-order valence-corrected chi connectivity index (χ1v) is 6.35. The Kier molecular flexibility index (Phi) is 4.01. The van der Waals surface area contributed by atoms with Crippen LogP contribution in [0.3, 0.4) is 0 Å². The van der Waals surface area contributed by atoms with Gasteiger partial charge in [-0.25, -0.2) is 0 Å². The summed E-state index contributed by atoms with van der Waals surface area (Å²) in [7, 11) is 0. The van der Waals surface area contributed by atoms with Gasteiger partial charge in [0.15, 0.2) is 0 Å². The summed E-state index contributed by atoms with van der Waals surface area (Å²) in [5.41, 5.74) is 6.10. The molecule has 6 heteroatoms. The first-order valence-electron chi connectivity index (χ1n) is 5.56. The summed E-state index contributed by atoms with van der Waals surface area (Å²) < 4.78 is 1.89. The number of nitrogens with one attached hydrogen (secondary N) is 1. The Morgan fingerprint density at radius 1 is 1.26 bits per heavy atom. The second-order valence-electron chi connectivity index (χ2n) is 3.98. The van der Waals surface area contributed by atoms with Crippen molar-refractivity contribution >= 4 is 33.2 Å². The molecular weight excluding hydrogens is 310 g/mol. The van der Waals surface area contributed by atoms with Crippen molar-refractivity contribution < 1.29 is 4.79 Å². The molecular formula is C13H12BrN3O2. The molecule has 0 aliphatic heterocycles. The first kappa shape index (κ1) is 13.4. The highest BCUT2D eigenvalue weighted by molar-refractivity contribution is 9.10. The highest BCUT2D eigenvalue weighted by atomic mass is 79.9. The van der Waals surface area contributed by atoms with E-state index in [2.05, 4.69) is 21.2 Å². The molecule has 0 unspecified atom stereocenters. The molecule has 0 radical (unpaired) electrons. The largest absolute Gasteiger partial charge is 0.394 e. The van der Waals surface area contributed by atoms with Crippen molar-refractivity contribution in [2.45, 2.75) is 6.54 Å². The molecule has 0 aliphatic rings. The molecule has 0 aliphatic carbocycles. The van der Waals surface area contributed by atoms with E-state index in [1.807, 2.05) is 18.2 Å². The van der Waals surface area contributed by atoms with Gasteiger partial charge in [-0.1, -0.05) is 18.2 Å². The minimum atomic E-state index is -0.278. The van der Waals surface area contributed by atoms with Gasteiger partial charge in [0.1, 0.15) is 6.54 Å². The average Bonchev–Trinajstić information content (AvgIpc) is 2.37. The Labute approximate surface area is 118 Å². The van der Waals surface area contributed by atoms with E-state index >= 15 is 0 Å². The Morgan fingerprint density at radius 2 is 1.95 bits per heavy atom. The number of carbonyl (C=O) groups is 1. The van der Waals surface area contributed by atoms with Crippen LogP contribution in [0.4, 0.5) is 11.4 Å². The van der Waals surface area contributed by atoms with Crippen LogP contribution in [0.15, 0.2) is 52.0 Å². The van der Waals surface area contributed by atoms with E-state index < -0.39 is 0 Å². The fourth-order valence-corrected chi connectivity index (χ4v) is 2.09. The van der Waals surface area contributed by atoms with Gasteiger partial charge >= 0.3 is 0 Å². The number of benzene rings is 1. The lowest BCUT2D eigenvalue weighted by atomic mass is 10.3. The molecule has 2 aromatic rings. The summed E-state index contributed by atoms with van der Waals surface area (Å²) in [6, 6.07) is 9.14. The summed E-state index contributed by atoms with van der Waals surface area (Å²) >= 11 is 3.11. The van der Waals surface area contributed by atoms with Gasteiger partial charge in [-0.3, -0.25) is 9.59 Å². The minimum Gasteiger partial charge on any atom is -0.394 e. The molecule has 1 heterocycles. The lowest BCUT2D eigenvalue weighted by Gasteiger charge is -2.09. The van der Waals surface area contributed by atoms with Crippen molar-refractivity contribution in [2.24, 2.45) is 0 Å². The highest BCUT2D eigenvalue weighted by Crippen LogP contribution is 2.08. The number of nitrogens with zero attached hydrogens (tertiary/aromatic N) is 1. The van der Waals surface area contributed by atoms with Crippen molar-refractivity contribution in [3.63, 3.8) is 0 Å². The van der Waals surface area contributed by atoms with Gasteiger partial charge in [-0.15, -0.1) is 0 Å². The van der Waals surface area contributed by atoms with Gasteiger partial charge < -0.3 is 15.6 Å². The molecule has 0 spiro atoms. The van der Waals surface area contributed by atoms with Crippen LogP contribution in [0.5, 0.6) is 0 Å². The third-order valence-corrected chi connectivity index (χ3v) is 3.01. The normalized spacial score (nSPS) is 10.2. The van der Waals surface area contributed by atoms with Crippen LogP contribution in [-0.4, -0.2) is 10.5 Å². The summed E-state index contributed by atoms with van der Waals surface area (Å²) in [6.45, 7) is 0.0813. The maximum atomic E-state index is 11.8. The van der Waals surface area contributed by atoms with E-state index in [9.17, 15) is 9.59 Å². The molecule has 98 valence electrons. The topological polar surface area (TPSA) is 77.1 Å². The van der Waals surface area contributed by atoms with E-state index in [0.29, 0.717) is 4.47 Å². The summed E-state index contributed by atoms with van der Waals surface area (Å²) in [5, 5.41) is 2.75. The summed E-state index contributed by atoms with van der Waals surface area (Å²) in [6.07, 6.45) is 2.97. The van der Waals surface area contributed by atoms with Gasteiger partial charge in [-0.2, -0.15) is 0 Å². The lowest BCUT2D eigenvalue weighted by Crippen LogP contribution is -2.21. The zero-order chi connectivity index (χ0) is 13.8. The van der Waals surface area contributed by atoms with E-state index in [4.69, 9.17) is 5.73 Å². The van der Waals surface area contributed by atoms with Gasteiger partial charge in [0.25, 0.3) is 0 Å². The Hall–Kier alpha value is -2.08. The van der Waals surface area contributed by atoms with Crippen molar-refractivity contribution in [3.8, 4) is 0 Å². The Bertz CT molecular complexity index is 626. The van der Waals surface area contributed by atoms with Crippen LogP contribution in [0.25, 0.3) is 0 Å². The molecule has 19 heavy (non-hydrogen) atoms. The quantitative estimate of drug-likeness (QED) is 0.905. The average molecular weight is 322 g/mol. The Balaban J connectivity index is 2.09. The van der Waals surface area contributed by atoms with E-state index in [-0.39, 0.29) is 23.6 Å². The number of hydrogen-bond donors (Lipinski definition) is 2. The maximum Gasteiger partial charge on any atom is 0.244 e. The minimum absolute atomic E-state index is 0.0813. The predicted molar refractivity (Wildman–Crippen MR) is 77.9 cm³/mol. The van der Waals surface area contributed by atoms with Crippen molar-refractivity contribution in [1.82, 2.24) is 4.57 Å². The molecule has 0 saturated carbocycles. The molecule has 0 fully saturated rings. The van der Waals surface area contributed by atoms with Crippen molar-refractivity contribution in [1.29, 1.82) is 0 Å². The number of hydrogen-bond acceptors (Lipinski definition) is 3. The van der Waals surface area contributed by atoms with Crippen molar-refractivity contribution in [3.05, 3.63) is 57.4 Å². The van der Waals surface area contributed by atoms with Gasteiger partial charge in [0.2, 0.25) is 11.3 Å². The maximum absolute atomic E-state index is 11.8.